The summed E-state index contributed by atoms with van der Waals surface area (Å²) >= 11 is 7.33. The van der Waals surface area contributed by atoms with E-state index in [9.17, 15) is 4.79 Å². The smallest absolute Gasteiger partial charge is 0.273 e. The van der Waals surface area contributed by atoms with E-state index in [4.69, 9.17) is 25.3 Å². The number of carbonyl (C=O) groups is 1. The maximum atomic E-state index is 12.1. The van der Waals surface area contributed by atoms with Crippen molar-refractivity contribution in [1.82, 2.24) is 10.5 Å². The van der Waals surface area contributed by atoms with Crippen LogP contribution in [0.3, 0.4) is 0 Å². The van der Waals surface area contributed by atoms with E-state index in [1.54, 1.807) is 25.3 Å². The monoisotopic (exact) mass is 352 g/mol. The van der Waals surface area contributed by atoms with Gasteiger partial charge in [-0.05, 0) is 24.3 Å². The summed E-state index contributed by atoms with van der Waals surface area (Å²) in [6.45, 7) is 0.301. The summed E-state index contributed by atoms with van der Waals surface area (Å²) in [5, 5.41) is 6.51. The Labute approximate surface area is 141 Å². The van der Waals surface area contributed by atoms with Crippen molar-refractivity contribution >= 4 is 28.8 Å². The number of hydrogen-bond acceptors (Lipinski definition) is 6. The minimum absolute atomic E-state index is 0.176. The van der Waals surface area contributed by atoms with Crippen LogP contribution < -0.4 is 5.32 Å². The molecule has 3 aromatic heterocycles. The van der Waals surface area contributed by atoms with Crippen molar-refractivity contribution in [3.63, 3.8) is 0 Å². The summed E-state index contributed by atoms with van der Waals surface area (Å²) in [5.41, 5.74) is 0.176. The highest BCUT2D eigenvalue weighted by Gasteiger charge is 2.18. The van der Waals surface area contributed by atoms with Crippen molar-refractivity contribution in [3.8, 4) is 11.5 Å². The van der Waals surface area contributed by atoms with E-state index in [-0.39, 0.29) is 17.7 Å². The number of amides is 1. The van der Waals surface area contributed by atoms with Crippen molar-refractivity contribution in [3.05, 3.63) is 51.5 Å². The molecule has 0 saturated heterocycles. The Morgan fingerprint density at radius 2 is 2.30 bits per heavy atom. The molecule has 1 atom stereocenters. The number of ether oxygens (including phenoxy) is 1. The first kappa shape index (κ1) is 15.8. The molecule has 0 aliphatic carbocycles. The second kappa shape index (κ2) is 6.99. The summed E-state index contributed by atoms with van der Waals surface area (Å²) in [5.74, 6) is 0.560. The average molecular weight is 353 g/mol. The van der Waals surface area contributed by atoms with Crippen molar-refractivity contribution in [2.75, 3.05) is 13.7 Å². The van der Waals surface area contributed by atoms with Gasteiger partial charge >= 0.3 is 0 Å². The van der Waals surface area contributed by atoms with Gasteiger partial charge < -0.3 is 19.0 Å². The molecule has 23 heavy (non-hydrogen) atoms. The van der Waals surface area contributed by atoms with E-state index in [2.05, 4.69) is 10.5 Å². The molecule has 1 amide bonds. The highest BCUT2D eigenvalue weighted by molar-refractivity contribution is 7.16. The number of hydrogen-bond donors (Lipinski definition) is 1. The second-order valence-electron chi connectivity index (χ2n) is 4.63. The Morgan fingerprint density at radius 1 is 1.43 bits per heavy atom. The Hall–Kier alpha value is -2.09. The van der Waals surface area contributed by atoms with Gasteiger partial charge in [0, 0.05) is 24.6 Å². The van der Waals surface area contributed by atoms with Gasteiger partial charge in [0.2, 0.25) is 5.76 Å². The molecule has 0 bridgehead atoms. The average Bonchev–Trinajstić information content (AvgIpc) is 3.28. The molecule has 3 aromatic rings. The van der Waals surface area contributed by atoms with Crippen molar-refractivity contribution in [1.29, 1.82) is 0 Å². The van der Waals surface area contributed by atoms with E-state index in [1.807, 2.05) is 6.07 Å². The number of nitrogens with one attached hydrogen (secondary N) is 1. The standard InChI is InChI=1S/C15H13ClN2O4S/c1-20-12(13-4-5-14(16)23-13)8-17-15(19)9-7-11(22-18-9)10-3-2-6-21-10/h2-7,12H,8H2,1H3,(H,17,19). The highest BCUT2D eigenvalue weighted by Crippen LogP contribution is 2.28. The topological polar surface area (TPSA) is 77.5 Å². The number of furan rings is 1. The molecule has 8 heteroatoms. The first-order valence-electron chi connectivity index (χ1n) is 6.74. The lowest BCUT2D eigenvalue weighted by Crippen LogP contribution is -2.29. The zero-order chi connectivity index (χ0) is 16.2. The summed E-state index contributed by atoms with van der Waals surface area (Å²) < 4.78 is 16.3. The van der Waals surface area contributed by atoms with E-state index < -0.39 is 0 Å². The summed E-state index contributed by atoms with van der Waals surface area (Å²) in [6, 6.07) is 8.65. The maximum Gasteiger partial charge on any atom is 0.273 e. The molecule has 0 radical (unpaired) electrons. The van der Waals surface area contributed by atoms with Crippen LogP contribution in [0.5, 0.6) is 0 Å². The Morgan fingerprint density at radius 3 is 2.96 bits per heavy atom. The third-order valence-corrected chi connectivity index (χ3v) is 4.47. The van der Waals surface area contributed by atoms with Crippen LogP contribution in [0.2, 0.25) is 4.34 Å². The van der Waals surface area contributed by atoms with Crippen LogP contribution in [0.15, 0.2) is 45.5 Å². The molecule has 0 saturated carbocycles. The van der Waals surface area contributed by atoms with E-state index >= 15 is 0 Å². The molecule has 1 unspecified atom stereocenters. The molecule has 3 rings (SSSR count). The lowest BCUT2D eigenvalue weighted by Gasteiger charge is -2.13. The Kier molecular flexibility index (Phi) is 4.80. The lowest BCUT2D eigenvalue weighted by molar-refractivity contribution is 0.0831. The lowest BCUT2D eigenvalue weighted by atomic mass is 10.2. The normalized spacial score (nSPS) is 12.3. The van der Waals surface area contributed by atoms with Gasteiger partial charge in [-0.1, -0.05) is 16.8 Å². The highest BCUT2D eigenvalue weighted by atomic mass is 35.5. The fourth-order valence-electron chi connectivity index (χ4n) is 1.99. The third-order valence-electron chi connectivity index (χ3n) is 3.15. The van der Waals surface area contributed by atoms with E-state index in [0.29, 0.717) is 22.4 Å². The van der Waals surface area contributed by atoms with E-state index in [0.717, 1.165) is 4.88 Å². The fraction of sp³-hybridized carbons (Fsp3) is 0.200. The zero-order valence-corrected chi connectivity index (χ0v) is 13.7. The zero-order valence-electron chi connectivity index (χ0n) is 12.1. The number of methoxy groups -OCH3 is 1. The predicted octanol–water partition coefficient (Wildman–Crippen LogP) is 3.77. The van der Waals surface area contributed by atoms with Crippen LogP contribution in [-0.4, -0.2) is 24.7 Å². The van der Waals surface area contributed by atoms with Gasteiger partial charge in [-0.15, -0.1) is 11.3 Å². The van der Waals surface area contributed by atoms with Crippen LogP contribution in [0.25, 0.3) is 11.5 Å². The van der Waals surface area contributed by atoms with Crippen LogP contribution in [0.1, 0.15) is 21.5 Å². The number of aromatic nitrogens is 1. The Balaban J connectivity index is 1.63. The molecule has 0 spiro atoms. The van der Waals surface area contributed by atoms with Crippen molar-refractivity contribution in [2.24, 2.45) is 0 Å². The summed E-state index contributed by atoms with van der Waals surface area (Å²) in [6.07, 6.45) is 1.25. The number of nitrogens with zero attached hydrogens (tertiary/aromatic N) is 1. The van der Waals surface area contributed by atoms with Gasteiger partial charge in [0.1, 0.15) is 6.10 Å². The SMILES string of the molecule is COC(CNC(=O)c1cc(-c2ccco2)on1)c1ccc(Cl)s1. The second-order valence-corrected chi connectivity index (χ2v) is 6.38. The van der Waals surface area contributed by atoms with Crippen LogP contribution in [0.4, 0.5) is 0 Å². The molecule has 0 fully saturated rings. The van der Waals surface area contributed by atoms with Crippen molar-refractivity contribution in [2.45, 2.75) is 6.10 Å². The van der Waals surface area contributed by atoms with Crippen LogP contribution in [-0.2, 0) is 4.74 Å². The number of carbonyl (C=O) groups excluding carboxylic acids is 1. The molecular formula is C15H13ClN2O4S. The minimum Gasteiger partial charge on any atom is -0.461 e. The van der Waals surface area contributed by atoms with Gasteiger partial charge in [0.15, 0.2) is 11.5 Å². The fourth-order valence-corrected chi connectivity index (χ4v) is 3.13. The third kappa shape index (κ3) is 3.64. The summed E-state index contributed by atoms with van der Waals surface area (Å²) in [4.78, 5) is 13.1. The number of halogens is 1. The molecular weight excluding hydrogens is 340 g/mol. The molecule has 3 heterocycles. The van der Waals surface area contributed by atoms with Crippen LogP contribution >= 0.6 is 22.9 Å². The van der Waals surface area contributed by atoms with Crippen LogP contribution in [0, 0.1) is 0 Å². The van der Waals surface area contributed by atoms with Gasteiger partial charge in [-0.25, -0.2) is 0 Å². The molecule has 1 N–H and O–H groups in total. The van der Waals surface area contributed by atoms with Gasteiger partial charge in [-0.2, -0.15) is 0 Å². The van der Waals surface area contributed by atoms with Crippen molar-refractivity contribution < 1.29 is 18.5 Å². The quantitative estimate of drug-likeness (QED) is 0.730. The maximum absolute atomic E-state index is 12.1. The molecule has 0 aliphatic rings. The number of thiophene rings is 1. The molecule has 120 valence electrons. The van der Waals surface area contributed by atoms with Gasteiger partial charge in [0.05, 0.1) is 10.6 Å². The van der Waals surface area contributed by atoms with Gasteiger partial charge in [-0.3, -0.25) is 4.79 Å². The predicted molar refractivity (Wildman–Crippen MR) is 85.6 cm³/mol. The molecule has 0 aromatic carbocycles. The Bertz CT molecular complexity index is 781. The first-order valence-corrected chi connectivity index (χ1v) is 7.93. The number of rotatable bonds is 6. The first-order chi connectivity index (χ1) is 11.2. The minimum atomic E-state index is -0.351. The molecule has 6 nitrogen and oxygen atoms in total. The largest absolute Gasteiger partial charge is 0.461 e. The van der Waals surface area contributed by atoms with E-state index in [1.165, 1.54) is 23.7 Å². The van der Waals surface area contributed by atoms with Gasteiger partial charge in [0.25, 0.3) is 5.91 Å². The summed E-state index contributed by atoms with van der Waals surface area (Å²) in [7, 11) is 1.58. The molecule has 0 aliphatic heterocycles.